The van der Waals surface area contributed by atoms with E-state index in [0.717, 1.165) is 17.2 Å². The van der Waals surface area contributed by atoms with E-state index in [1.54, 1.807) is 30.0 Å². The number of aromatic nitrogens is 3. The molecule has 1 fully saturated rings. The standard InChI is InChI=1S/C21H24N8O6S2/c1-2-35-26-13(16-25-21(22)37-27-16)17(31)24-14-18(32)29-15(20(33)34)11(10-36-19(14)29)8-28-6-3-4-12(9-28)23-5-7-30/h3-4,6,9,14,19,23,30H,2,5,7-8,10H2,1H3,(H3-,22,24,25,27,31,33,34)/p+1/t14?,19-/m1/s1. The van der Waals surface area contributed by atoms with Crippen LogP contribution in [-0.2, 0) is 25.8 Å². The van der Waals surface area contributed by atoms with E-state index in [4.69, 9.17) is 15.7 Å². The number of aliphatic hydroxyl groups is 1. The van der Waals surface area contributed by atoms with E-state index < -0.39 is 29.2 Å². The van der Waals surface area contributed by atoms with Crippen LogP contribution in [0.25, 0.3) is 0 Å². The fraction of sp³-hybridized carbons (Fsp3) is 0.381. The van der Waals surface area contributed by atoms with Crippen molar-refractivity contribution in [1.29, 1.82) is 0 Å². The number of nitrogens with one attached hydrogen (secondary N) is 2. The number of carboxylic acids is 1. The van der Waals surface area contributed by atoms with Gasteiger partial charge in [-0.25, -0.2) is 4.79 Å². The van der Waals surface area contributed by atoms with Crippen molar-refractivity contribution in [3.63, 3.8) is 0 Å². The summed E-state index contributed by atoms with van der Waals surface area (Å²) in [6, 6.07) is 2.66. The molecule has 2 aliphatic heterocycles. The number of hydrogen-bond donors (Lipinski definition) is 5. The Kier molecular flexibility index (Phi) is 8.20. The van der Waals surface area contributed by atoms with E-state index in [9.17, 15) is 19.5 Å². The van der Waals surface area contributed by atoms with Gasteiger partial charge in [0.15, 0.2) is 24.1 Å². The number of nitrogen functional groups attached to an aromatic ring is 1. The van der Waals surface area contributed by atoms with Gasteiger partial charge in [0.1, 0.15) is 23.7 Å². The van der Waals surface area contributed by atoms with Crippen LogP contribution in [-0.4, -0.2) is 84.9 Å². The number of β-lactam (4-membered cyclic amide) rings is 1. The fourth-order valence-electron chi connectivity index (χ4n) is 3.80. The minimum absolute atomic E-state index is 0.0245. The number of nitrogens with two attached hydrogens (primary N) is 1. The maximum absolute atomic E-state index is 13.0. The Morgan fingerprint density at radius 3 is 2.92 bits per heavy atom. The second kappa shape index (κ2) is 11.5. The highest BCUT2D eigenvalue weighted by Gasteiger charge is 2.54. The number of pyridine rings is 1. The van der Waals surface area contributed by atoms with Crippen molar-refractivity contribution >= 4 is 57.6 Å². The van der Waals surface area contributed by atoms with Crippen LogP contribution in [0, 0.1) is 0 Å². The molecular formula is C21H25N8O6S2+. The van der Waals surface area contributed by atoms with Crippen LogP contribution in [0.3, 0.4) is 0 Å². The molecule has 14 nitrogen and oxygen atoms in total. The first-order valence-corrected chi connectivity index (χ1v) is 13.0. The van der Waals surface area contributed by atoms with Gasteiger partial charge in [0.25, 0.3) is 11.8 Å². The van der Waals surface area contributed by atoms with E-state index in [1.165, 1.54) is 16.7 Å². The van der Waals surface area contributed by atoms with Crippen LogP contribution >= 0.6 is 23.3 Å². The summed E-state index contributed by atoms with van der Waals surface area (Å²) in [6.45, 7) is 2.48. The quantitative estimate of drug-likeness (QED) is 0.0997. The third kappa shape index (κ3) is 5.65. The summed E-state index contributed by atoms with van der Waals surface area (Å²) in [5, 5.41) is 27.9. The van der Waals surface area contributed by atoms with Crippen molar-refractivity contribution in [2.75, 3.05) is 36.6 Å². The number of hydrogen-bond acceptors (Lipinski definition) is 12. The highest BCUT2D eigenvalue weighted by Crippen LogP contribution is 2.40. The zero-order valence-electron chi connectivity index (χ0n) is 19.7. The third-order valence-electron chi connectivity index (χ3n) is 5.36. The van der Waals surface area contributed by atoms with Crippen LogP contribution in [0.2, 0.25) is 0 Å². The van der Waals surface area contributed by atoms with E-state index in [0.29, 0.717) is 17.9 Å². The number of fused-ring (bicyclic) bond motifs is 1. The van der Waals surface area contributed by atoms with Crippen LogP contribution in [0.1, 0.15) is 12.7 Å². The second-order valence-corrected chi connectivity index (χ2v) is 9.74. The largest absolute Gasteiger partial charge is 0.477 e. The number of rotatable bonds is 11. The number of anilines is 2. The van der Waals surface area contributed by atoms with Crippen LogP contribution < -0.4 is 20.9 Å². The molecule has 2 aromatic rings. The Labute approximate surface area is 219 Å². The molecule has 4 rings (SSSR count). The smallest absolute Gasteiger partial charge is 0.352 e. The van der Waals surface area contributed by atoms with Crippen molar-refractivity contribution in [2.24, 2.45) is 5.16 Å². The molecule has 2 aromatic heterocycles. The summed E-state index contributed by atoms with van der Waals surface area (Å²) < 4.78 is 5.78. The number of carbonyl (C=O) groups is 3. The molecule has 0 bridgehead atoms. The van der Waals surface area contributed by atoms with Crippen LogP contribution in [0.15, 0.2) is 41.0 Å². The SMILES string of the molecule is CCON=C(C(=O)NC1C(=O)N2C(C(=O)O)=C(C[n+]3cccc(NCCO)c3)CS[C@H]12)c1nsc(N)n1. The number of carboxylic acid groups (broad SMARTS) is 1. The molecule has 1 unspecified atom stereocenters. The fourth-order valence-corrected chi connectivity index (χ4v) is 5.57. The van der Waals surface area contributed by atoms with Crippen molar-refractivity contribution in [3.05, 3.63) is 41.6 Å². The number of aliphatic hydroxyl groups excluding tert-OH is 1. The molecule has 1 saturated heterocycles. The predicted molar refractivity (Wildman–Crippen MR) is 134 cm³/mol. The Bertz CT molecular complexity index is 1270. The van der Waals surface area contributed by atoms with E-state index in [-0.39, 0.29) is 42.1 Å². The van der Waals surface area contributed by atoms with Gasteiger partial charge in [0.2, 0.25) is 11.5 Å². The van der Waals surface area contributed by atoms with Gasteiger partial charge in [-0.1, -0.05) is 5.16 Å². The van der Waals surface area contributed by atoms with Gasteiger partial charge in [0, 0.05) is 35.5 Å². The summed E-state index contributed by atoms with van der Waals surface area (Å²) in [5.41, 5.74) is 6.59. The molecule has 16 heteroatoms. The second-order valence-electron chi connectivity index (χ2n) is 7.85. The Balaban J connectivity index is 1.51. The van der Waals surface area contributed by atoms with Gasteiger partial charge < -0.3 is 31.4 Å². The molecule has 0 aromatic carbocycles. The first-order valence-electron chi connectivity index (χ1n) is 11.2. The highest BCUT2D eigenvalue weighted by atomic mass is 32.2. The minimum Gasteiger partial charge on any atom is -0.477 e. The molecule has 2 amide bonds. The van der Waals surface area contributed by atoms with E-state index in [2.05, 4.69) is 25.1 Å². The Morgan fingerprint density at radius 2 is 2.24 bits per heavy atom. The number of thioether (sulfide) groups is 1. The lowest BCUT2D eigenvalue weighted by Gasteiger charge is -2.49. The number of nitrogens with zero attached hydrogens (tertiary/aromatic N) is 5. The topological polar surface area (TPSA) is 196 Å². The monoisotopic (exact) mass is 549 g/mol. The van der Waals surface area contributed by atoms with E-state index in [1.807, 2.05) is 6.07 Å². The Hall–Kier alpha value is -3.76. The molecule has 4 heterocycles. The normalized spacial score (nSPS) is 19.2. The molecule has 0 radical (unpaired) electrons. The molecule has 196 valence electrons. The molecule has 6 N–H and O–H groups in total. The first kappa shape index (κ1) is 26.3. The maximum atomic E-state index is 13.0. The zero-order valence-corrected chi connectivity index (χ0v) is 21.3. The van der Waals surface area contributed by atoms with E-state index >= 15 is 0 Å². The summed E-state index contributed by atoms with van der Waals surface area (Å²) in [6.07, 6.45) is 3.57. The van der Waals surface area contributed by atoms with Gasteiger partial charge in [0.05, 0.1) is 12.3 Å². The summed E-state index contributed by atoms with van der Waals surface area (Å²) in [4.78, 5) is 48.3. The van der Waals surface area contributed by atoms with Gasteiger partial charge >= 0.3 is 5.97 Å². The van der Waals surface area contributed by atoms with Crippen molar-refractivity contribution in [2.45, 2.75) is 24.9 Å². The van der Waals surface area contributed by atoms with Crippen molar-refractivity contribution in [1.82, 2.24) is 19.6 Å². The maximum Gasteiger partial charge on any atom is 0.352 e. The number of amides is 2. The van der Waals surface area contributed by atoms with Crippen molar-refractivity contribution in [3.8, 4) is 0 Å². The highest BCUT2D eigenvalue weighted by molar-refractivity contribution is 8.00. The lowest BCUT2D eigenvalue weighted by molar-refractivity contribution is -0.688. The molecule has 2 aliphatic rings. The van der Waals surface area contributed by atoms with Crippen molar-refractivity contribution < 1.29 is 34.0 Å². The zero-order chi connectivity index (χ0) is 26.5. The molecular weight excluding hydrogens is 524 g/mol. The molecule has 2 atom stereocenters. The molecule has 0 saturated carbocycles. The average molecular weight is 550 g/mol. The first-order chi connectivity index (χ1) is 17.8. The van der Waals surface area contributed by atoms with Crippen LogP contribution in [0.5, 0.6) is 0 Å². The van der Waals surface area contributed by atoms with Crippen LogP contribution in [0.4, 0.5) is 10.8 Å². The number of oxime groups is 1. The summed E-state index contributed by atoms with van der Waals surface area (Å²) >= 11 is 2.23. The third-order valence-corrected chi connectivity index (χ3v) is 7.24. The van der Waals surface area contributed by atoms with Gasteiger partial charge in [-0.15, -0.1) is 11.8 Å². The summed E-state index contributed by atoms with van der Waals surface area (Å²) in [5.74, 6) is -2.21. The lowest BCUT2D eigenvalue weighted by atomic mass is 10.0. The van der Waals surface area contributed by atoms with Gasteiger partial charge in [-0.3, -0.25) is 14.5 Å². The minimum atomic E-state index is -1.23. The number of carbonyl (C=O) groups excluding carboxylic acids is 2. The predicted octanol–water partition coefficient (Wildman–Crippen LogP) is -1.01. The van der Waals surface area contributed by atoms with Gasteiger partial charge in [-0.2, -0.15) is 13.9 Å². The average Bonchev–Trinajstić information content (AvgIpc) is 3.31. The number of aliphatic carboxylic acids is 1. The summed E-state index contributed by atoms with van der Waals surface area (Å²) in [7, 11) is 0. The molecule has 0 aliphatic carbocycles. The lowest BCUT2D eigenvalue weighted by Crippen LogP contribution is -2.71. The Morgan fingerprint density at radius 1 is 1.43 bits per heavy atom. The molecule has 37 heavy (non-hydrogen) atoms. The molecule has 0 spiro atoms. The van der Waals surface area contributed by atoms with Gasteiger partial charge in [-0.05, 0) is 13.0 Å².